The van der Waals surface area contributed by atoms with Gasteiger partial charge in [-0.25, -0.2) is 0 Å². The molecular weight excluding hydrogens is 314 g/mol. The normalized spacial score (nSPS) is 23.6. The lowest BCUT2D eigenvalue weighted by molar-refractivity contribution is 0.122. The lowest BCUT2D eigenvalue weighted by Crippen LogP contribution is -2.27. The molecule has 1 saturated carbocycles. The Bertz CT molecular complexity index is 632. The summed E-state index contributed by atoms with van der Waals surface area (Å²) >= 11 is 0. The molecule has 0 aromatic heterocycles. The zero-order chi connectivity index (χ0) is 17.6. The van der Waals surface area contributed by atoms with E-state index < -0.39 is 6.10 Å². The molecule has 0 bridgehead atoms. The fraction of sp³-hybridized carbons (Fsp3) is 0.429. The average Bonchev–Trinajstić information content (AvgIpc) is 3.18. The van der Waals surface area contributed by atoms with Crippen LogP contribution in [0.3, 0.4) is 0 Å². The SMILES string of the molecule is Oc1ccc(C(O)CN2C[C@H]3CCC[C@H]3C2)cc1.Oc1ccccc1. The molecule has 0 radical (unpaired) electrons. The average molecular weight is 341 g/mol. The molecule has 1 aliphatic heterocycles. The lowest BCUT2D eigenvalue weighted by Gasteiger charge is -2.21. The summed E-state index contributed by atoms with van der Waals surface area (Å²) in [5.41, 5.74) is 0.893. The zero-order valence-electron chi connectivity index (χ0n) is 14.5. The van der Waals surface area contributed by atoms with Crippen molar-refractivity contribution >= 4 is 0 Å². The van der Waals surface area contributed by atoms with Gasteiger partial charge in [0, 0.05) is 19.6 Å². The van der Waals surface area contributed by atoms with E-state index in [1.165, 1.54) is 19.3 Å². The number of para-hydroxylation sites is 1. The molecule has 134 valence electrons. The number of aliphatic hydroxyl groups excluding tert-OH is 1. The van der Waals surface area contributed by atoms with E-state index in [0.29, 0.717) is 5.75 Å². The van der Waals surface area contributed by atoms with E-state index >= 15 is 0 Å². The summed E-state index contributed by atoms with van der Waals surface area (Å²) < 4.78 is 0. The Morgan fingerprint density at radius 1 is 0.840 bits per heavy atom. The van der Waals surface area contributed by atoms with Gasteiger partial charge in [0.25, 0.3) is 0 Å². The first kappa shape index (κ1) is 17.8. The summed E-state index contributed by atoms with van der Waals surface area (Å²) in [6.07, 6.45) is 3.70. The number of hydrogen-bond donors (Lipinski definition) is 3. The van der Waals surface area contributed by atoms with Crippen LogP contribution in [0.25, 0.3) is 0 Å². The van der Waals surface area contributed by atoms with Crippen molar-refractivity contribution in [1.82, 2.24) is 4.90 Å². The number of phenolic OH excluding ortho intramolecular Hbond substituents is 2. The van der Waals surface area contributed by atoms with Crippen molar-refractivity contribution in [3.63, 3.8) is 0 Å². The first-order chi connectivity index (χ1) is 12.1. The van der Waals surface area contributed by atoms with Crippen LogP contribution in [0, 0.1) is 11.8 Å². The van der Waals surface area contributed by atoms with E-state index in [4.69, 9.17) is 5.11 Å². The third kappa shape index (κ3) is 4.97. The molecule has 4 heteroatoms. The van der Waals surface area contributed by atoms with E-state index in [1.54, 1.807) is 48.5 Å². The second kappa shape index (κ2) is 8.37. The number of nitrogens with zero attached hydrogens (tertiary/aromatic N) is 1. The Kier molecular flexibility index (Phi) is 5.95. The monoisotopic (exact) mass is 341 g/mol. The third-order valence-electron chi connectivity index (χ3n) is 5.27. The first-order valence-electron chi connectivity index (χ1n) is 9.05. The maximum atomic E-state index is 10.2. The number of benzene rings is 2. The summed E-state index contributed by atoms with van der Waals surface area (Å²) in [5, 5.41) is 28.1. The fourth-order valence-corrected chi connectivity index (χ4v) is 3.96. The maximum Gasteiger partial charge on any atom is 0.115 e. The highest BCUT2D eigenvalue weighted by Crippen LogP contribution is 2.38. The van der Waals surface area contributed by atoms with Gasteiger partial charge in [0.1, 0.15) is 11.5 Å². The predicted molar refractivity (Wildman–Crippen MR) is 98.4 cm³/mol. The van der Waals surface area contributed by atoms with Gasteiger partial charge >= 0.3 is 0 Å². The van der Waals surface area contributed by atoms with Crippen LogP contribution in [0.1, 0.15) is 30.9 Å². The number of rotatable bonds is 3. The molecule has 2 aromatic carbocycles. The summed E-state index contributed by atoms with van der Waals surface area (Å²) in [4.78, 5) is 2.39. The molecule has 0 spiro atoms. The van der Waals surface area contributed by atoms with Crippen LogP contribution in [-0.2, 0) is 0 Å². The summed E-state index contributed by atoms with van der Waals surface area (Å²) in [6, 6.07) is 15.6. The smallest absolute Gasteiger partial charge is 0.115 e. The number of aliphatic hydroxyl groups is 1. The van der Waals surface area contributed by atoms with Crippen LogP contribution < -0.4 is 0 Å². The van der Waals surface area contributed by atoms with Crippen molar-refractivity contribution < 1.29 is 15.3 Å². The molecule has 1 aliphatic carbocycles. The van der Waals surface area contributed by atoms with Gasteiger partial charge < -0.3 is 15.3 Å². The molecule has 1 unspecified atom stereocenters. The van der Waals surface area contributed by atoms with Crippen molar-refractivity contribution in [2.45, 2.75) is 25.4 Å². The molecule has 3 N–H and O–H groups in total. The Morgan fingerprint density at radius 2 is 1.40 bits per heavy atom. The van der Waals surface area contributed by atoms with E-state index in [2.05, 4.69) is 4.90 Å². The predicted octanol–water partition coefficient (Wildman–Crippen LogP) is 3.55. The standard InChI is InChI=1S/C15H21NO2.C6H6O/c17-14-6-4-11(5-7-14)15(18)10-16-8-12-2-1-3-13(12)9-16;7-6-4-2-1-3-5-6/h4-7,12-13,15,17-18H,1-3,8-10H2;1-5,7H/t12-,13+,15?;. The Morgan fingerprint density at radius 3 is 1.92 bits per heavy atom. The molecular formula is C21H27NO3. The van der Waals surface area contributed by atoms with Crippen LogP contribution in [-0.4, -0.2) is 39.9 Å². The fourth-order valence-electron chi connectivity index (χ4n) is 3.96. The number of phenols is 2. The van der Waals surface area contributed by atoms with Crippen LogP contribution in [0.5, 0.6) is 11.5 Å². The topological polar surface area (TPSA) is 63.9 Å². The number of likely N-dealkylation sites (tertiary alicyclic amines) is 1. The molecule has 2 aromatic rings. The molecule has 0 amide bonds. The highest BCUT2D eigenvalue weighted by molar-refractivity contribution is 5.27. The van der Waals surface area contributed by atoms with Crippen molar-refractivity contribution in [3.8, 4) is 11.5 Å². The molecule has 4 rings (SSSR count). The number of β-amino-alcohol motifs (C(OH)–C–C–N with tert-alkyl or cyclic N) is 1. The number of fused-ring (bicyclic) bond motifs is 1. The highest BCUT2D eigenvalue weighted by Gasteiger charge is 2.36. The summed E-state index contributed by atoms with van der Waals surface area (Å²) in [6.45, 7) is 3.03. The van der Waals surface area contributed by atoms with Gasteiger partial charge in [-0.1, -0.05) is 36.8 Å². The molecule has 1 saturated heterocycles. The van der Waals surface area contributed by atoms with E-state index in [1.807, 2.05) is 6.07 Å². The van der Waals surface area contributed by atoms with Gasteiger partial charge in [0.15, 0.2) is 0 Å². The molecule has 1 heterocycles. The molecule has 4 nitrogen and oxygen atoms in total. The Hall–Kier alpha value is -2.04. The minimum atomic E-state index is -0.440. The highest BCUT2D eigenvalue weighted by atomic mass is 16.3. The van der Waals surface area contributed by atoms with Crippen molar-refractivity contribution in [1.29, 1.82) is 0 Å². The van der Waals surface area contributed by atoms with E-state index in [0.717, 1.165) is 37.0 Å². The number of aromatic hydroxyl groups is 2. The maximum absolute atomic E-state index is 10.2. The van der Waals surface area contributed by atoms with Gasteiger partial charge in [0.05, 0.1) is 6.10 Å². The van der Waals surface area contributed by atoms with Gasteiger partial charge in [-0.15, -0.1) is 0 Å². The Balaban J connectivity index is 0.000000219. The quantitative estimate of drug-likeness (QED) is 0.799. The van der Waals surface area contributed by atoms with Crippen LogP contribution in [0.2, 0.25) is 0 Å². The summed E-state index contributed by atoms with van der Waals surface area (Å²) in [5.74, 6) is 2.32. The van der Waals surface area contributed by atoms with E-state index in [-0.39, 0.29) is 5.75 Å². The van der Waals surface area contributed by atoms with Gasteiger partial charge in [-0.3, -0.25) is 4.90 Å². The molecule has 3 atom stereocenters. The minimum absolute atomic E-state index is 0.252. The van der Waals surface area contributed by atoms with Crippen molar-refractivity contribution in [2.75, 3.05) is 19.6 Å². The van der Waals surface area contributed by atoms with Gasteiger partial charge in [0.2, 0.25) is 0 Å². The lowest BCUT2D eigenvalue weighted by atomic mass is 10.0. The summed E-state index contributed by atoms with van der Waals surface area (Å²) in [7, 11) is 0. The van der Waals surface area contributed by atoms with Crippen molar-refractivity contribution in [2.24, 2.45) is 11.8 Å². The molecule has 25 heavy (non-hydrogen) atoms. The zero-order valence-corrected chi connectivity index (χ0v) is 14.5. The second-order valence-corrected chi connectivity index (χ2v) is 7.11. The van der Waals surface area contributed by atoms with Crippen LogP contribution in [0.15, 0.2) is 54.6 Å². The molecule has 2 aliphatic rings. The van der Waals surface area contributed by atoms with Crippen LogP contribution >= 0.6 is 0 Å². The van der Waals surface area contributed by atoms with Gasteiger partial charge in [-0.2, -0.15) is 0 Å². The van der Waals surface area contributed by atoms with Crippen LogP contribution in [0.4, 0.5) is 0 Å². The second-order valence-electron chi connectivity index (χ2n) is 7.11. The first-order valence-corrected chi connectivity index (χ1v) is 9.05. The number of hydrogen-bond acceptors (Lipinski definition) is 4. The Labute approximate surface area is 149 Å². The minimum Gasteiger partial charge on any atom is -0.508 e. The molecule has 2 fully saturated rings. The van der Waals surface area contributed by atoms with Crippen molar-refractivity contribution in [3.05, 3.63) is 60.2 Å². The van der Waals surface area contributed by atoms with Gasteiger partial charge in [-0.05, 0) is 54.5 Å². The largest absolute Gasteiger partial charge is 0.508 e. The van der Waals surface area contributed by atoms with E-state index in [9.17, 15) is 10.2 Å². The third-order valence-corrected chi connectivity index (χ3v) is 5.27.